The molecular weight excluding hydrogens is 537 g/mol. The summed E-state index contributed by atoms with van der Waals surface area (Å²) < 4.78 is 29.9. The Balaban J connectivity index is 1.16. The largest absolute Gasteiger partial charge is 0.479 e. The number of imidazole rings is 1. The molecular formula is C26H28FN9O5. The quantitative estimate of drug-likeness (QED) is 0.280. The molecule has 41 heavy (non-hydrogen) atoms. The van der Waals surface area contributed by atoms with Gasteiger partial charge in [0.2, 0.25) is 11.8 Å². The molecule has 4 aromatic heterocycles. The van der Waals surface area contributed by atoms with Crippen molar-refractivity contribution in [3.05, 3.63) is 52.9 Å². The van der Waals surface area contributed by atoms with E-state index in [0.29, 0.717) is 73.4 Å². The molecule has 5 heterocycles. The minimum atomic E-state index is -1.12. The van der Waals surface area contributed by atoms with Crippen LogP contribution in [0.2, 0.25) is 0 Å². The van der Waals surface area contributed by atoms with Crippen molar-refractivity contribution in [3.63, 3.8) is 0 Å². The van der Waals surface area contributed by atoms with Gasteiger partial charge in [0.25, 0.3) is 0 Å². The van der Waals surface area contributed by atoms with Crippen LogP contribution in [0.3, 0.4) is 0 Å². The number of hydrogen-bond acceptors (Lipinski definition) is 10. The predicted molar refractivity (Wildman–Crippen MR) is 146 cm³/mol. The maximum absolute atomic E-state index is 14.8. The van der Waals surface area contributed by atoms with Crippen molar-refractivity contribution in [1.29, 1.82) is 0 Å². The van der Waals surface area contributed by atoms with Gasteiger partial charge in [0.05, 0.1) is 12.0 Å². The fourth-order valence-corrected chi connectivity index (χ4v) is 5.03. The van der Waals surface area contributed by atoms with Crippen LogP contribution in [-0.4, -0.2) is 83.5 Å². The Morgan fingerprint density at radius 2 is 1.95 bits per heavy atom. The molecule has 1 aliphatic heterocycles. The molecule has 1 atom stereocenters. The smallest absolute Gasteiger partial charge is 0.344 e. The molecule has 3 N–H and O–H groups in total. The summed E-state index contributed by atoms with van der Waals surface area (Å²) in [6.45, 7) is 4.81. The first-order chi connectivity index (χ1) is 19.7. The van der Waals surface area contributed by atoms with Crippen molar-refractivity contribution >= 4 is 34.4 Å². The van der Waals surface area contributed by atoms with E-state index in [4.69, 9.17) is 20.0 Å². The number of piperazine rings is 1. The van der Waals surface area contributed by atoms with E-state index in [1.54, 1.807) is 35.9 Å². The number of carboxylic acid groups (broad SMARTS) is 1. The van der Waals surface area contributed by atoms with Gasteiger partial charge in [-0.1, -0.05) is 0 Å². The van der Waals surface area contributed by atoms with E-state index in [2.05, 4.69) is 20.0 Å². The number of nitrogen functional groups attached to an aromatic ring is 1. The second-order valence-corrected chi connectivity index (χ2v) is 9.82. The zero-order valence-electron chi connectivity index (χ0n) is 22.4. The lowest BCUT2D eigenvalue weighted by Crippen LogP contribution is -2.47. The SMILES string of the molecule is CC(Oc1ccc(N2CCN(CCn3c(=O)n(C)c4c3nc(N)n3nc(-c5ccco5)nc43)CC2)c(F)c1)C(=O)O. The lowest BCUT2D eigenvalue weighted by atomic mass is 10.2. The molecule has 0 amide bonds. The zero-order valence-corrected chi connectivity index (χ0v) is 22.4. The van der Waals surface area contributed by atoms with Crippen LogP contribution in [0.25, 0.3) is 28.4 Å². The van der Waals surface area contributed by atoms with E-state index in [9.17, 15) is 14.0 Å². The first-order valence-corrected chi connectivity index (χ1v) is 13.0. The lowest BCUT2D eigenvalue weighted by Gasteiger charge is -2.36. The highest BCUT2D eigenvalue weighted by Crippen LogP contribution is 2.26. The fraction of sp³-hybridized carbons (Fsp3) is 0.346. The van der Waals surface area contributed by atoms with Crippen LogP contribution in [-0.2, 0) is 18.4 Å². The van der Waals surface area contributed by atoms with Crippen molar-refractivity contribution in [2.45, 2.75) is 19.6 Å². The lowest BCUT2D eigenvalue weighted by molar-refractivity contribution is -0.144. The zero-order chi connectivity index (χ0) is 28.8. The van der Waals surface area contributed by atoms with Gasteiger partial charge in [-0.25, -0.2) is 19.0 Å². The maximum Gasteiger partial charge on any atom is 0.344 e. The van der Waals surface area contributed by atoms with Crippen LogP contribution in [0.15, 0.2) is 45.8 Å². The van der Waals surface area contributed by atoms with E-state index < -0.39 is 17.9 Å². The average Bonchev–Trinajstić information content (AvgIpc) is 3.68. The van der Waals surface area contributed by atoms with Gasteiger partial charge in [-0.05, 0) is 31.2 Å². The summed E-state index contributed by atoms with van der Waals surface area (Å²) in [5.41, 5.74) is 7.71. The van der Waals surface area contributed by atoms with Gasteiger partial charge in [-0.15, -0.1) is 5.10 Å². The second-order valence-electron chi connectivity index (χ2n) is 9.82. The molecule has 6 rings (SSSR count). The number of anilines is 2. The van der Waals surface area contributed by atoms with E-state index >= 15 is 0 Å². The average molecular weight is 566 g/mol. The first-order valence-electron chi connectivity index (χ1n) is 13.0. The highest BCUT2D eigenvalue weighted by molar-refractivity contribution is 5.88. The number of aliphatic carboxylic acids is 1. The standard InChI is InChI=1S/C26H28FN9O5/c1-15(24(37)38)41-16-5-6-18(17(27)14-16)34-10-7-33(8-11-34)9-12-35-22-20(32(2)26(35)39)23-29-21(19-4-3-13-40-19)31-36(23)25(28)30-22/h3-6,13-15H,7-12H2,1-2H3,(H2,28,30)(H,37,38). The van der Waals surface area contributed by atoms with Crippen LogP contribution in [0.1, 0.15) is 6.92 Å². The number of rotatable bonds is 8. The highest BCUT2D eigenvalue weighted by Gasteiger charge is 2.24. The molecule has 1 saturated heterocycles. The van der Waals surface area contributed by atoms with Gasteiger partial charge < -0.3 is 24.9 Å². The molecule has 5 aromatic rings. The number of carbonyl (C=O) groups is 1. The Hall–Kier alpha value is -4.92. The summed E-state index contributed by atoms with van der Waals surface area (Å²) in [5, 5.41) is 13.4. The molecule has 1 aromatic carbocycles. The van der Waals surface area contributed by atoms with Crippen LogP contribution in [0, 0.1) is 5.82 Å². The molecule has 0 spiro atoms. The van der Waals surface area contributed by atoms with Gasteiger partial charge in [0.15, 0.2) is 23.2 Å². The van der Waals surface area contributed by atoms with Crippen LogP contribution < -0.4 is 21.1 Å². The van der Waals surface area contributed by atoms with Gasteiger partial charge in [-0.2, -0.15) is 9.50 Å². The normalized spacial score (nSPS) is 15.1. The predicted octanol–water partition coefficient (Wildman–Crippen LogP) is 1.43. The number of furan rings is 1. The van der Waals surface area contributed by atoms with Gasteiger partial charge in [0.1, 0.15) is 17.1 Å². The number of nitrogens with zero attached hydrogens (tertiary/aromatic N) is 8. The number of aryl methyl sites for hydroxylation is 1. The molecule has 0 radical (unpaired) electrons. The second kappa shape index (κ2) is 10.2. The van der Waals surface area contributed by atoms with E-state index in [1.165, 1.54) is 28.3 Å². The minimum Gasteiger partial charge on any atom is -0.479 e. The molecule has 1 unspecified atom stereocenters. The summed E-state index contributed by atoms with van der Waals surface area (Å²) >= 11 is 0. The topological polar surface area (TPSA) is 162 Å². The molecule has 0 bridgehead atoms. The number of halogens is 1. The summed E-state index contributed by atoms with van der Waals surface area (Å²) in [4.78, 5) is 37.4. The van der Waals surface area contributed by atoms with Crippen molar-refractivity contribution < 1.29 is 23.4 Å². The molecule has 0 saturated carbocycles. The van der Waals surface area contributed by atoms with Crippen LogP contribution in [0.5, 0.6) is 5.75 Å². The Morgan fingerprint density at radius 1 is 1.17 bits per heavy atom. The third-order valence-corrected chi connectivity index (χ3v) is 7.25. The Bertz CT molecular complexity index is 1800. The molecule has 0 aliphatic carbocycles. The third-order valence-electron chi connectivity index (χ3n) is 7.25. The summed E-state index contributed by atoms with van der Waals surface area (Å²) in [6.07, 6.45) is 0.447. The van der Waals surface area contributed by atoms with Crippen LogP contribution in [0.4, 0.5) is 16.0 Å². The van der Waals surface area contributed by atoms with E-state index in [0.717, 1.165) is 0 Å². The molecule has 1 aliphatic rings. The Morgan fingerprint density at radius 3 is 2.63 bits per heavy atom. The summed E-state index contributed by atoms with van der Waals surface area (Å²) in [7, 11) is 1.66. The first kappa shape index (κ1) is 26.3. The molecule has 1 fully saturated rings. The Labute approximate surface area is 232 Å². The third kappa shape index (κ3) is 4.73. The van der Waals surface area contributed by atoms with Crippen molar-refractivity contribution in [2.75, 3.05) is 43.4 Å². The van der Waals surface area contributed by atoms with Gasteiger partial charge in [-0.3, -0.25) is 14.0 Å². The molecule has 15 heteroatoms. The van der Waals surface area contributed by atoms with Crippen molar-refractivity contribution in [3.8, 4) is 17.3 Å². The number of carboxylic acids is 1. The minimum absolute atomic E-state index is 0.0987. The highest BCUT2D eigenvalue weighted by atomic mass is 19.1. The fourth-order valence-electron chi connectivity index (χ4n) is 5.03. The Kier molecular flexibility index (Phi) is 6.57. The number of fused-ring (bicyclic) bond motifs is 3. The number of ether oxygens (including phenoxy) is 1. The summed E-state index contributed by atoms with van der Waals surface area (Å²) in [5.74, 6) is -0.530. The van der Waals surface area contributed by atoms with Crippen molar-refractivity contribution in [2.24, 2.45) is 7.05 Å². The van der Waals surface area contributed by atoms with E-state index in [1.807, 2.05) is 4.90 Å². The number of benzene rings is 1. The van der Waals surface area contributed by atoms with Crippen molar-refractivity contribution in [1.82, 2.24) is 33.6 Å². The van der Waals surface area contributed by atoms with Gasteiger partial charge in [0, 0.05) is 52.4 Å². The molecule has 14 nitrogen and oxygen atoms in total. The van der Waals surface area contributed by atoms with Gasteiger partial charge >= 0.3 is 11.7 Å². The van der Waals surface area contributed by atoms with E-state index in [-0.39, 0.29) is 17.4 Å². The molecule has 214 valence electrons. The van der Waals surface area contributed by atoms with Crippen LogP contribution >= 0.6 is 0 Å². The maximum atomic E-state index is 14.8. The summed E-state index contributed by atoms with van der Waals surface area (Å²) in [6, 6.07) is 7.84. The number of aromatic nitrogens is 6. The number of hydrogen-bond donors (Lipinski definition) is 2. The number of nitrogens with two attached hydrogens (primary N) is 1. The monoisotopic (exact) mass is 565 g/mol.